The van der Waals surface area contributed by atoms with Crippen LogP contribution in [0.25, 0.3) is 0 Å². The Morgan fingerprint density at radius 1 is 1.47 bits per heavy atom. The molecule has 1 aliphatic heterocycles. The molecule has 1 aliphatic carbocycles. The predicted octanol–water partition coefficient (Wildman–Crippen LogP) is 1.03. The Morgan fingerprint density at radius 2 is 2.20 bits per heavy atom. The maximum Gasteiger partial charge on any atom is 0.162 e. The molecule has 0 aromatic heterocycles. The molecule has 0 saturated heterocycles. The van der Waals surface area contributed by atoms with Crippen molar-refractivity contribution in [1.29, 1.82) is 5.41 Å². The van der Waals surface area contributed by atoms with Crippen LogP contribution in [0.3, 0.4) is 0 Å². The van der Waals surface area contributed by atoms with Gasteiger partial charge in [-0.1, -0.05) is 11.6 Å². The van der Waals surface area contributed by atoms with Crippen LogP contribution in [0, 0.1) is 5.41 Å². The molecule has 1 heterocycles. The minimum Gasteiger partial charge on any atom is -0.317 e. The molecule has 0 amide bonds. The lowest BCUT2D eigenvalue weighted by molar-refractivity contribution is -0.625. The van der Waals surface area contributed by atoms with Crippen LogP contribution in [0.4, 0.5) is 0 Å². The van der Waals surface area contributed by atoms with Gasteiger partial charge in [0.2, 0.25) is 0 Å². The molecule has 5 heteroatoms. The van der Waals surface area contributed by atoms with Crippen LogP contribution in [0.1, 0.15) is 25.7 Å². The number of nitrogens with two attached hydrogens (primary N) is 1. The van der Waals surface area contributed by atoms with Crippen LogP contribution < -0.4 is 5.32 Å². The molecule has 80 valence electrons. The number of rotatable bonds is 2. The molecule has 0 spiro atoms. The fraction of sp³-hybridized carbons (Fsp3) is 0.500. The third kappa shape index (κ3) is 2.52. The average Bonchev–Trinajstić information content (AvgIpc) is 2.70. The number of quaternary nitrogens is 1. The Labute approximate surface area is 93.7 Å². The second-order valence-electron chi connectivity index (χ2n) is 3.83. The molecule has 0 unspecified atom stereocenters. The Morgan fingerprint density at radius 3 is 2.87 bits per heavy atom. The van der Waals surface area contributed by atoms with Crippen LogP contribution in [-0.4, -0.2) is 23.4 Å². The fourth-order valence-electron chi connectivity index (χ4n) is 1.90. The minimum absolute atomic E-state index is 0.198. The Kier molecular flexibility index (Phi) is 3.28. The average molecular weight is 226 g/mol. The second-order valence-corrected chi connectivity index (χ2v) is 4.19. The van der Waals surface area contributed by atoms with Crippen molar-refractivity contribution in [3.63, 3.8) is 0 Å². The van der Waals surface area contributed by atoms with Crippen LogP contribution >= 0.6 is 11.6 Å². The third-order valence-electron chi connectivity index (χ3n) is 2.77. The molecule has 2 aliphatic rings. The smallest absolute Gasteiger partial charge is 0.162 e. The number of aliphatic imine (C=N–C) groups is 2. The molecule has 2 rings (SSSR count). The van der Waals surface area contributed by atoms with Crippen molar-refractivity contribution >= 4 is 28.9 Å². The van der Waals surface area contributed by atoms with Crippen molar-refractivity contribution in [2.45, 2.75) is 31.7 Å². The lowest BCUT2D eigenvalue weighted by atomic mass is 10.2. The van der Waals surface area contributed by atoms with E-state index in [0.717, 1.165) is 0 Å². The maximum absolute atomic E-state index is 7.60. The first-order valence-electron chi connectivity index (χ1n) is 5.17. The normalized spacial score (nSPS) is 25.0. The van der Waals surface area contributed by atoms with E-state index in [9.17, 15) is 0 Å². The molecule has 0 aromatic carbocycles. The lowest BCUT2D eigenvalue weighted by Crippen LogP contribution is -2.84. The number of amidine groups is 1. The molecule has 0 atom stereocenters. The summed E-state index contributed by atoms with van der Waals surface area (Å²) in [6.07, 6.45) is 8.31. The first-order valence-corrected chi connectivity index (χ1v) is 5.55. The number of hydrogen-bond acceptors (Lipinski definition) is 2. The van der Waals surface area contributed by atoms with E-state index >= 15 is 0 Å². The van der Waals surface area contributed by atoms with Crippen molar-refractivity contribution in [1.82, 2.24) is 0 Å². The molecule has 1 fully saturated rings. The van der Waals surface area contributed by atoms with E-state index in [1.807, 2.05) is 6.20 Å². The highest BCUT2D eigenvalue weighted by atomic mass is 35.5. The molecule has 4 nitrogen and oxygen atoms in total. The van der Waals surface area contributed by atoms with Gasteiger partial charge >= 0.3 is 0 Å². The molecular weight excluding hydrogens is 212 g/mol. The SMILES string of the molecule is N=C1N=CN=C(Cl)C1=C[NH2+]C1CCCC1. The van der Waals surface area contributed by atoms with Gasteiger partial charge in [0.05, 0.1) is 6.04 Å². The van der Waals surface area contributed by atoms with Crippen molar-refractivity contribution in [2.75, 3.05) is 0 Å². The summed E-state index contributed by atoms with van der Waals surface area (Å²) >= 11 is 5.89. The van der Waals surface area contributed by atoms with E-state index in [1.54, 1.807) is 0 Å². The van der Waals surface area contributed by atoms with Crippen LogP contribution in [0.2, 0.25) is 0 Å². The zero-order valence-electron chi connectivity index (χ0n) is 8.41. The first kappa shape index (κ1) is 10.5. The highest BCUT2D eigenvalue weighted by Crippen LogP contribution is 2.14. The summed E-state index contributed by atoms with van der Waals surface area (Å²) in [4.78, 5) is 7.67. The monoisotopic (exact) mass is 225 g/mol. The van der Waals surface area contributed by atoms with Gasteiger partial charge in [0, 0.05) is 0 Å². The van der Waals surface area contributed by atoms with Crippen LogP contribution in [0.5, 0.6) is 0 Å². The molecule has 0 bridgehead atoms. The van der Waals surface area contributed by atoms with Crippen molar-refractivity contribution < 1.29 is 5.32 Å². The summed E-state index contributed by atoms with van der Waals surface area (Å²) < 4.78 is 0. The highest BCUT2D eigenvalue weighted by molar-refractivity contribution is 6.73. The van der Waals surface area contributed by atoms with Gasteiger partial charge in [-0.2, -0.15) is 0 Å². The Balaban J connectivity index is 2.02. The van der Waals surface area contributed by atoms with Gasteiger partial charge < -0.3 is 5.32 Å². The molecule has 15 heavy (non-hydrogen) atoms. The quantitative estimate of drug-likeness (QED) is 0.705. The van der Waals surface area contributed by atoms with Gasteiger partial charge in [0.1, 0.15) is 23.3 Å². The van der Waals surface area contributed by atoms with Crippen molar-refractivity contribution in [2.24, 2.45) is 9.98 Å². The Bertz CT molecular complexity index is 350. The molecule has 0 radical (unpaired) electrons. The summed E-state index contributed by atoms with van der Waals surface area (Å²) in [6, 6.07) is 0.640. The van der Waals surface area contributed by atoms with Gasteiger partial charge in [0.15, 0.2) is 5.84 Å². The van der Waals surface area contributed by atoms with Gasteiger partial charge in [-0.15, -0.1) is 0 Å². The Hall–Kier alpha value is -1.00. The van der Waals surface area contributed by atoms with Crippen LogP contribution in [0.15, 0.2) is 21.8 Å². The lowest BCUT2D eigenvalue weighted by Gasteiger charge is -2.07. The van der Waals surface area contributed by atoms with Gasteiger partial charge in [-0.3, -0.25) is 5.41 Å². The molecular formula is C10H14ClN4+. The number of nitrogens with zero attached hydrogens (tertiary/aromatic N) is 2. The van der Waals surface area contributed by atoms with Crippen molar-refractivity contribution in [3.05, 3.63) is 11.8 Å². The van der Waals surface area contributed by atoms with Crippen molar-refractivity contribution in [3.8, 4) is 0 Å². The van der Waals surface area contributed by atoms with Crippen LogP contribution in [-0.2, 0) is 0 Å². The zero-order valence-corrected chi connectivity index (χ0v) is 9.17. The fourth-order valence-corrected chi connectivity index (χ4v) is 2.10. The first-order chi connectivity index (χ1) is 7.27. The number of hydrogen-bond donors (Lipinski definition) is 2. The number of halogens is 1. The van der Waals surface area contributed by atoms with E-state index in [2.05, 4.69) is 15.3 Å². The van der Waals surface area contributed by atoms with E-state index in [1.165, 1.54) is 32.0 Å². The van der Waals surface area contributed by atoms with E-state index in [0.29, 0.717) is 16.8 Å². The summed E-state index contributed by atoms with van der Waals surface area (Å²) in [5.74, 6) is 0.198. The standard InChI is InChI=1S/C10H13ClN4/c11-9-8(10(12)15-6-14-9)5-13-7-3-1-2-4-7/h5-7,12-13H,1-4H2/p+1. The van der Waals surface area contributed by atoms with E-state index in [4.69, 9.17) is 17.0 Å². The van der Waals surface area contributed by atoms with Gasteiger partial charge in [-0.25, -0.2) is 9.98 Å². The predicted molar refractivity (Wildman–Crippen MR) is 61.8 cm³/mol. The highest BCUT2D eigenvalue weighted by Gasteiger charge is 2.19. The molecule has 1 saturated carbocycles. The molecule has 0 aromatic rings. The largest absolute Gasteiger partial charge is 0.317 e. The third-order valence-corrected chi connectivity index (χ3v) is 3.07. The number of nitrogens with one attached hydrogen (secondary N) is 1. The zero-order chi connectivity index (χ0) is 10.7. The van der Waals surface area contributed by atoms with Gasteiger partial charge in [0.25, 0.3) is 0 Å². The summed E-state index contributed by atoms with van der Waals surface area (Å²) in [5, 5.41) is 10.1. The summed E-state index contributed by atoms with van der Waals surface area (Å²) in [6.45, 7) is 0. The maximum atomic E-state index is 7.60. The second kappa shape index (κ2) is 4.68. The van der Waals surface area contributed by atoms with Gasteiger partial charge in [-0.05, 0) is 25.7 Å². The van der Waals surface area contributed by atoms with E-state index in [-0.39, 0.29) is 5.84 Å². The minimum atomic E-state index is 0.198. The molecule has 3 N–H and O–H groups in total. The topological polar surface area (TPSA) is 65.2 Å². The summed E-state index contributed by atoms with van der Waals surface area (Å²) in [7, 11) is 0. The summed E-state index contributed by atoms with van der Waals surface area (Å²) in [5.41, 5.74) is 0.631. The van der Waals surface area contributed by atoms with E-state index < -0.39 is 0 Å².